The second-order valence-electron chi connectivity index (χ2n) is 3.67. The number of nitrogens with one attached hydrogen (secondary N) is 1. The van der Waals surface area contributed by atoms with Gasteiger partial charge in [0, 0.05) is 31.5 Å². The highest BCUT2D eigenvalue weighted by Crippen LogP contribution is 2.10. The van der Waals surface area contributed by atoms with E-state index in [9.17, 15) is 0 Å². The number of nitrogens with zero attached hydrogens (tertiary/aromatic N) is 3. The van der Waals surface area contributed by atoms with Crippen LogP contribution in [0.2, 0.25) is 0 Å². The molecule has 14 heavy (non-hydrogen) atoms. The lowest BCUT2D eigenvalue weighted by atomic mass is 10.3. The molecular weight excluding hydrogens is 176 g/mol. The summed E-state index contributed by atoms with van der Waals surface area (Å²) in [7, 11) is 2.02. The van der Waals surface area contributed by atoms with Crippen LogP contribution in [0.15, 0.2) is 18.5 Å². The van der Waals surface area contributed by atoms with Crippen LogP contribution in [0.25, 0.3) is 0 Å². The Hall–Kier alpha value is -1.00. The summed E-state index contributed by atoms with van der Waals surface area (Å²) in [6, 6.07) is 2.49. The molecule has 1 saturated heterocycles. The van der Waals surface area contributed by atoms with Crippen LogP contribution in [0.3, 0.4) is 0 Å². The van der Waals surface area contributed by atoms with Crippen molar-refractivity contribution in [1.82, 2.24) is 20.2 Å². The second-order valence-corrected chi connectivity index (χ2v) is 3.67. The van der Waals surface area contributed by atoms with Crippen molar-refractivity contribution in [2.45, 2.75) is 19.0 Å². The van der Waals surface area contributed by atoms with Crippen molar-refractivity contribution in [2.24, 2.45) is 0 Å². The molecule has 1 fully saturated rings. The molecule has 4 nitrogen and oxygen atoms in total. The van der Waals surface area contributed by atoms with Gasteiger partial charge < -0.3 is 5.32 Å². The first-order valence-electron chi connectivity index (χ1n) is 5.04. The summed E-state index contributed by atoms with van der Waals surface area (Å²) in [4.78, 5) is 10.8. The van der Waals surface area contributed by atoms with Gasteiger partial charge in [-0.3, -0.25) is 4.90 Å². The fraction of sp³-hybridized carbons (Fsp3) is 0.600. The maximum atomic E-state index is 4.22. The van der Waals surface area contributed by atoms with E-state index in [0.29, 0.717) is 6.04 Å². The maximum absolute atomic E-state index is 4.22. The average Bonchev–Trinajstić information content (AvgIpc) is 2.67. The first-order valence-corrected chi connectivity index (χ1v) is 5.04. The highest BCUT2D eigenvalue weighted by Gasteiger charge is 2.21. The van der Waals surface area contributed by atoms with E-state index in [1.807, 2.05) is 13.1 Å². The van der Waals surface area contributed by atoms with Crippen LogP contribution >= 0.6 is 0 Å². The lowest BCUT2D eigenvalue weighted by molar-refractivity contribution is 0.314. The number of hydrogen-bond acceptors (Lipinski definition) is 4. The van der Waals surface area contributed by atoms with Crippen molar-refractivity contribution in [2.75, 3.05) is 20.1 Å². The zero-order chi connectivity index (χ0) is 9.80. The minimum atomic E-state index is 0.638. The summed E-state index contributed by atoms with van der Waals surface area (Å²) >= 11 is 0. The first kappa shape index (κ1) is 9.55. The van der Waals surface area contributed by atoms with Gasteiger partial charge in [0.1, 0.15) is 5.82 Å². The smallest absolute Gasteiger partial charge is 0.142 e. The third-order valence-electron chi connectivity index (χ3n) is 2.66. The van der Waals surface area contributed by atoms with Crippen LogP contribution in [0.1, 0.15) is 12.2 Å². The van der Waals surface area contributed by atoms with Crippen LogP contribution in [-0.2, 0) is 6.54 Å². The minimum Gasteiger partial charge on any atom is -0.316 e. The third kappa shape index (κ3) is 2.27. The van der Waals surface area contributed by atoms with Gasteiger partial charge in [-0.25, -0.2) is 9.97 Å². The van der Waals surface area contributed by atoms with Crippen molar-refractivity contribution in [3.8, 4) is 0 Å². The van der Waals surface area contributed by atoms with E-state index >= 15 is 0 Å². The van der Waals surface area contributed by atoms with E-state index in [1.165, 1.54) is 6.42 Å². The molecule has 2 heterocycles. The van der Waals surface area contributed by atoms with Gasteiger partial charge in [0.15, 0.2) is 0 Å². The molecule has 1 aromatic heterocycles. The Kier molecular flexibility index (Phi) is 3.06. The van der Waals surface area contributed by atoms with Crippen LogP contribution < -0.4 is 5.32 Å². The molecule has 0 saturated carbocycles. The van der Waals surface area contributed by atoms with Crippen LogP contribution in [0, 0.1) is 0 Å². The normalized spacial score (nSPS) is 22.8. The van der Waals surface area contributed by atoms with Crippen molar-refractivity contribution in [1.29, 1.82) is 0 Å². The maximum Gasteiger partial charge on any atom is 0.142 e. The van der Waals surface area contributed by atoms with Gasteiger partial charge in [0.25, 0.3) is 0 Å². The molecule has 0 aromatic carbocycles. The van der Waals surface area contributed by atoms with Gasteiger partial charge in [-0.2, -0.15) is 0 Å². The molecule has 1 N–H and O–H groups in total. The topological polar surface area (TPSA) is 41.0 Å². The predicted molar refractivity (Wildman–Crippen MR) is 54.8 cm³/mol. The Morgan fingerprint density at radius 1 is 1.50 bits per heavy atom. The summed E-state index contributed by atoms with van der Waals surface area (Å²) < 4.78 is 0. The molecule has 1 atom stereocenters. The fourth-order valence-electron chi connectivity index (χ4n) is 1.82. The largest absolute Gasteiger partial charge is 0.316 e. The van der Waals surface area contributed by atoms with Gasteiger partial charge in [-0.1, -0.05) is 0 Å². The van der Waals surface area contributed by atoms with Crippen LogP contribution in [0.4, 0.5) is 0 Å². The second kappa shape index (κ2) is 4.48. The lowest BCUT2D eigenvalue weighted by Crippen LogP contribution is -2.29. The van der Waals surface area contributed by atoms with Gasteiger partial charge in [-0.05, 0) is 19.5 Å². The van der Waals surface area contributed by atoms with E-state index in [2.05, 4.69) is 20.2 Å². The summed E-state index contributed by atoms with van der Waals surface area (Å²) in [6.45, 7) is 3.12. The highest BCUT2D eigenvalue weighted by molar-refractivity contribution is 4.90. The first-order chi connectivity index (χ1) is 6.88. The molecule has 1 aliphatic rings. The molecule has 1 unspecified atom stereocenters. The number of aromatic nitrogens is 2. The molecular formula is C10H16N4. The molecule has 4 heteroatoms. The van der Waals surface area contributed by atoms with Gasteiger partial charge in [0.05, 0.1) is 6.54 Å². The van der Waals surface area contributed by atoms with E-state index in [4.69, 9.17) is 0 Å². The lowest BCUT2D eigenvalue weighted by Gasteiger charge is -2.14. The van der Waals surface area contributed by atoms with E-state index in [0.717, 1.165) is 25.5 Å². The third-order valence-corrected chi connectivity index (χ3v) is 2.66. The minimum absolute atomic E-state index is 0.638. The molecule has 2 rings (SSSR count). The summed E-state index contributed by atoms with van der Waals surface area (Å²) in [5, 5.41) is 3.30. The summed E-state index contributed by atoms with van der Waals surface area (Å²) in [5.74, 6) is 0.921. The van der Waals surface area contributed by atoms with Crippen molar-refractivity contribution in [3.05, 3.63) is 24.3 Å². The Morgan fingerprint density at radius 3 is 2.93 bits per heavy atom. The van der Waals surface area contributed by atoms with Crippen LogP contribution in [0.5, 0.6) is 0 Å². The molecule has 0 spiro atoms. The Morgan fingerprint density at radius 2 is 2.29 bits per heavy atom. The summed E-state index contributed by atoms with van der Waals surface area (Å²) in [6.07, 6.45) is 4.82. The van der Waals surface area contributed by atoms with Gasteiger partial charge in [-0.15, -0.1) is 0 Å². The molecule has 0 aliphatic carbocycles. The van der Waals surface area contributed by atoms with E-state index in [1.54, 1.807) is 12.4 Å². The van der Waals surface area contributed by atoms with Crippen molar-refractivity contribution < 1.29 is 0 Å². The molecule has 0 bridgehead atoms. The quantitative estimate of drug-likeness (QED) is 0.746. The Bertz CT molecular complexity index is 275. The van der Waals surface area contributed by atoms with Crippen molar-refractivity contribution in [3.63, 3.8) is 0 Å². The van der Waals surface area contributed by atoms with Crippen molar-refractivity contribution >= 4 is 0 Å². The molecule has 76 valence electrons. The Balaban J connectivity index is 1.88. The molecule has 1 aliphatic heterocycles. The fourth-order valence-corrected chi connectivity index (χ4v) is 1.82. The standard InChI is InChI=1S/C10H16N4/c1-11-9-3-6-14(7-9)8-10-12-4-2-5-13-10/h2,4-5,9,11H,3,6-8H2,1H3. The highest BCUT2D eigenvalue weighted by atomic mass is 15.2. The monoisotopic (exact) mass is 192 g/mol. The summed E-state index contributed by atoms with van der Waals surface area (Å²) in [5.41, 5.74) is 0. The molecule has 0 radical (unpaired) electrons. The number of likely N-dealkylation sites (N-methyl/N-ethyl adjacent to an activating group) is 1. The predicted octanol–water partition coefficient (Wildman–Crippen LogP) is 0.270. The van der Waals surface area contributed by atoms with E-state index < -0.39 is 0 Å². The average molecular weight is 192 g/mol. The molecule has 0 amide bonds. The van der Waals surface area contributed by atoms with Gasteiger partial charge >= 0.3 is 0 Å². The van der Waals surface area contributed by atoms with Crippen LogP contribution in [-0.4, -0.2) is 41.0 Å². The SMILES string of the molecule is CNC1CCN(Cc2ncccn2)C1. The number of hydrogen-bond donors (Lipinski definition) is 1. The molecule has 1 aromatic rings. The van der Waals surface area contributed by atoms with Gasteiger partial charge in [0.2, 0.25) is 0 Å². The Labute approximate surface area is 84.4 Å². The zero-order valence-electron chi connectivity index (χ0n) is 8.48. The van der Waals surface area contributed by atoms with E-state index in [-0.39, 0.29) is 0 Å². The number of likely N-dealkylation sites (tertiary alicyclic amines) is 1. The zero-order valence-corrected chi connectivity index (χ0v) is 8.48. The number of rotatable bonds is 3.